The number of benzene rings is 1. The molecule has 0 saturated carbocycles. The van der Waals surface area contributed by atoms with Crippen molar-refractivity contribution in [1.82, 2.24) is 0 Å². The van der Waals surface area contributed by atoms with Crippen LogP contribution in [0.15, 0.2) is 30.4 Å². The largest absolute Gasteiger partial charge is 0.0854 e. The zero-order chi connectivity index (χ0) is 12.3. The lowest BCUT2D eigenvalue weighted by molar-refractivity contribution is 0.549. The molecule has 2 rings (SSSR count). The summed E-state index contributed by atoms with van der Waals surface area (Å²) in [6.45, 7) is 6.81. The van der Waals surface area contributed by atoms with E-state index in [4.69, 9.17) is 0 Å². The summed E-state index contributed by atoms with van der Waals surface area (Å²) in [4.78, 5) is 0. The Morgan fingerprint density at radius 1 is 1.24 bits per heavy atom. The van der Waals surface area contributed by atoms with E-state index in [1.165, 1.54) is 42.4 Å². The van der Waals surface area contributed by atoms with Gasteiger partial charge in [0.2, 0.25) is 0 Å². The molecule has 0 radical (unpaired) electrons. The molecule has 0 spiro atoms. The van der Waals surface area contributed by atoms with Crippen molar-refractivity contribution in [3.8, 4) is 0 Å². The van der Waals surface area contributed by atoms with Gasteiger partial charge in [-0.15, -0.1) is 0 Å². The van der Waals surface area contributed by atoms with Crippen LogP contribution < -0.4 is 0 Å². The number of hydrogen-bond acceptors (Lipinski definition) is 0. The van der Waals surface area contributed by atoms with E-state index in [0.717, 1.165) is 11.8 Å². The van der Waals surface area contributed by atoms with Crippen molar-refractivity contribution in [2.24, 2.45) is 11.8 Å². The quantitative estimate of drug-likeness (QED) is 0.655. The van der Waals surface area contributed by atoms with Crippen molar-refractivity contribution in [2.45, 2.75) is 46.5 Å². The molecule has 1 aliphatic rings. The standard InChI is InChI=1S/C17H24/c1-4-5-17-9-8-16(11-14(17)3)12-15-7-6-13(2)10-15/h6-9,11,13,15H,4-5,10,12H2,1-3H3. The SMILES string of the molecule is CCCc1ccc(CC2C=CC(C)C2)cc1C. The van der Waals surface area contributed by atoms with Gasteiger partial charge in [-0.1, -0.05) is 50.6 Å². The molecule has 2 unspecified atom stereocenters. The van der Waals surface area contributed by atoms with Crippen LogP contribution in [0.25, 0.3) is 0 Å². The lowest BCUT2D eigenvalue weighted by atomic mass is 9.93. The van der Waals surface area contributed by atoms with Gasteiger partial charge in [0.25, 0.3) is 0 Å². The minimum atomic E-state index is 0.765. The first-order valence-electron chi connectivity index (χ1n) is 6.95. The Balaban J connectivity index is 2.02. The van der Waals surface area contributed by atoms with Crippen LogP contribution in [0.1, 0.15) is 43.4 Å². The summed E-state index contributed by atoms with van der Waals surface area (Å²) in [5.74, 6) is 1.54. The molecule has 0 saturated heterocycles. The Morgan fingerprint density at radius 2 is 2.06 bits per heavy atom. The normalized spacial score (nSPS) is 23.2. The van der Waals surface area contributed by atoms with Gasteiger partial charge in [-0.25, -0.2) is 0 Å². The average Bonchev–Trinajstić information content (AvgIpc) is 2.68. The number of hydrogen-bond donors (Lipinski definition) is 0. The highest BCUT2D eigenvalue weighted by Crippen LogP contribution is 2.26. The third-order valence-electron chi connectivity index (χ3n) is 3.81. The minimum Gasteiger partial charge on any atom is -0.0854 e. The summed E-state index contributed by atoms with van der Waals surface area (Å²) in [6, 6.07) is 7.05. The van der Waals surface area contributed by atoms with Crippen LogP contribution in [0, 0.1) is 18.8 Å². The highest BCUT2D eigenvalue weighted by Gasteiger charge is 2.15. The molecule has 0 nitrogen and oxygen atoms in total. The zero-order valence-corrected chi connectivity index (χ0v) is 11.4. The highest BCUT2D eigenvalue weighted by molar-refractivity contribution is 5.32. The molecule has 1 aliphatic carbocycles. The predicted molar refractivity (Wildman–Crippen MR) is 75.3 cm³/mol. The second kappa shape index (κ2) is 5.53. The third kappa shape index (κ3) is 3.21. The van der Waals surface area contributed by atoms with Crippen molar-refractivity contribution < 1.29 is 0 Å². The molecule has 92 valence electrons. The van der Waals surface area contributed by atoms with Crippen LogP contribution in [-0.4, -0.2) is 0 Å². The molecule has 0 bridgehead atoms. The van der Waals surface area contributed by atoms with Crippen LogP contribution in [0.2, 0.25) is 0 Å². The number of rotatable bonds is 4. The summed E-state index contributed by atoms with van der Waals surface area (Å²) in [5, 5.41) is 0. The van der Waals surface area contributed by atoms with E-state index in [9.17, 15) is 0 Å². The number of aryl methyl sites for hydroxylation is 2. The monoisotopic (exact) mass is 228 g/mol. The van der Waals surface area contributed by atoms with E-state index in [1.54, 1.807) is 0 Å². The van der Waals surface area contributed by atoms with E-state index in [1.807, 2.05) is 0 Å². The molecule has 0 aliphatic heterocycles. The fourth-order valence-corrected chi connectivity index (χ4v) is 2.87. The Kier molecular flexibility index (Phi) is 4.04. The van der Waals surface area contributed by atoms with Crippen LogP contribution >= 0.6 is 0 Å². The molecule has 0 aromatic heterocycles. The molecule has 0 fully saturated rings. The molecule has 0 amide bonds. The Morgan fingerprint density at radius 3 is 2.65 bits per heavy atom. The number of allylic oxidation sites excluding steroid dienone is 2. The van der Waals surface area contributed by atoms with Crippen LogP contribution in [0.3, 0.4) is 0 Å². The van der Waals surface area contributed by atoms with Gasteiger partial charge in [0.15, 0.2) is 0 Å². The second-order valence-electron chi connectivity index (χ2n) is 5.57. The van der Waals surface area contributed by atoms with Crippen LogP contribution in [-0.2, 0) is 12.8 Å². The van der Waals surface area contributed by atoms with Gasteiger partial charge in [0.05, 0.1) is 0 Å². The molecular formula is C17H24. The van der Waals surface area contributed by atoms with Gasteiger partial charge in [0.1, 0.15) is 0 Å². The lowest BCUT2D eigenvalue weighted by Crippen LogP contribution is -2.01. The van der Waals surface area contributed by atoms with Crippen molar-refractivity contribution >= 4 is 0 Å². The maximum absolute atomic E-state index is 2.40. The predicted octanol–water partition coefficient (Wildman–Crippen LogP) is 4.70. The van der Waals surface area contributed by atoms with Crippen molar-refractivity contribution in [3.05, 3.63) is 47.0 Å². The molecule has 0 heterocycles. The topological polar surface area (TPSA) is 0 Å². The molecule has 0 N–H and O–H groups in total. The van der Waals surface area contributed by atoms with Crippen LogP contribution in [0.5, 0.6) is 0 Å². The van der Waals surface area contributed by atoms with E-state index < -0.39 is 0 Å². The van der Waals surface area contributed by atoms with Gasteiger partial charge in [0, 0.05) is 0 Å². The molecule has 1 aromatic carbocycles. The minimum absolute atomic E-state index is 0.765. The summed E-state index contributed by atoms with van der Waals surface area (Å²) in [6.07, 6.45) is 9.77. The summed E-state index contributed by atoms with van der Waals surface area (Å²) >= 11 is 0. The maximum Gasteiger partial charge on any atom is -0.0187 e. The summed E-state index contributed by atoms with van der Waals surface area (Å²) in [7, 11) is 0. The molecule has 1 aromatic rings. The summed E-state index contributed by atoms with van der Waals surface area (Å²) < 4.78 is 0. The summed E-state index contributed by atoms with van der Waals surface area (Å²) in [5.41, 5.74) is 4.50. The Hall–Kier alpha value is -1.04. The van der Waals surface area contributed by atoms with E-state index in [-0.39, 0.29) is 0 Å². The van der Waals surface area contributed by atoms with E-state index in [0.29, 0.717) is 0 Å². The molecule has 0 heteroatoms. The highest BCUT2D eigenvalue weighted by atomic mass is 14.2. The molecule has 2 atom stereocenters. The third-order valence-corrected chi connectivity index (χ3v) is 3.81. The fourth-order valence-electron chi connectivity index (χ4n) is 2.87. The average molecular weight is 228 g/mol. The van der Waals surface area contributed by atoms with E-state index >= 15 is 0 Å². The zero-order valence-electron chi connectivity index (χ0n) is 11.4. The van der Waals surface area contributed by atoms with Crippen molar-refractivity contribution in [3.63, 3.8) is 0 Å². The van der Waals surface area contributed by atoms with E-state index in [2.05, 4.69) is 51.1 Å². The Labute approximate surface area is 106 Å². The first-order chi connectivity index (χ1) is 8.19. The molecular weight excluding hydrogens is 204 g/mol. The first kappa shape index (κ1) is 12.4. The molecule has 17 heavy (non-hydrogen) atoms. The van der Waals surface area contributed by atoms with Crippen LogP contribution in [0.4, 0.5) is 0 Å². The smallest absolute Gasteiger partial charge is 0.0187 e. The fraction of sp³-hybridized carbons (Fsp3) is 0.529. The first-order valence-corrected chi connectivity index (χ1v) is 6.95. The van der Waals surface area contributed by atoms with Gasteiger partial charge in [-0.05, 0) is 54.7 Å². The maximum atomic E-state index is 2.40. The second-order valence-corrected chi connectivity index (χ2v) is 5.57. The van der Waals surface area contributed by atoms with Gasteiger partial charge >= 0.3 is 0 Å². The van der Waals surface area contributed by atoms with Crippen molar-refractivity contribution in [2.75, 3.05) is 0 Å². The van der Waals surface area contributed by atoms with Gasteiger partial charge < -0.3 is 0 Å². The van der Waals surface area contributed by atoms with Crippen molar-refractivity contribution in [1.29, 1.82) is 0 Å². The Bertz CT molecular complexity index is 400. The van der Waals surface area contributed by atoms with Gasteiger partial charge in [-0.2, -0.15) is 0 Å². The lowest BCUT2D eigenvalue weighted by Gasteiger charge is -2.12. The van der Waals surface area contributed by atoms with Gasteiger partial charge in [-0.3, -0.25) is 0 Å².